The number of Topliss-reactive ketones (excluding diaryl/α,β-unsaturated/α-hetero) is 1. The van der Waals surface area contributed by atoms with E-state index in [2.05, 4.69) is 18.5 Å². The van der Waals surface area contributed by atoms with E-state index in [1.165, 1.54) is 0 Å². The second-order valence-corrected chi connectivity index (χ2v) is 3.05. The fourth-order valence-corrected chi connectivity index (χ4v) is 1.13. The molecule has 1 heterocycles. The van der Waals surface area contributed by atoms with E-state index in [0.29, 0.717) is 11.4 Å². The van der Waals surface area contributed by atoms with Gasteiger partial charge in [-0.3, -0.25) is 4.79 Å². The third-order valence-electron chi connectivity index (χ3n) is 1.77. The SMILES string of the molecule is C=C(C)C(=O)c1nccn1CCC. The molecule has 13 heavy (non-hydrogen) atoms. The molecule has 0 aliphatic carbocycles. The van der Waals surface area contributed by atoms with Gasteiger partial charge < -0.3 is 4.57 Å². The highest BCUT2D eigenvalue weighted by molar-refractivity contribution is 6.05. The predicted octanol–water partition coefficient (Wildman–Crippen LogP) is 2.05. The summed E-state index contributed by atoms with van der Waals surface area (Å²) in [5, 5.41) is 0. The molecule has 1 aromatic rings. The lowest BCUT2D eigenvalue weighted by Gasteiger charge is -2.03. The molecule has 0 saturated carbocycles. The molecule has 0 atom stereocenters. The van der Waals surface area contributed by atoms with Crippen LogP contribution in [0.25, 0.3) is 0 Å². The van der Waals surface area contributed by atoms with Crippen molar-refractivity contribution in [3.63, 3.8) is 0 Å². The zero-order chi connectivity index (χ0) is 9.84. The summed E-state index contributed by atoms with van der Waals surface area (Å²) in [4.78, 5) is 15.5. The van der Waals surface area contributed by atoms with Gasteiger partial charge in [-0.2, -0.15) is 0 Å². The topological polar surface area (TPSA) is 34.9 Å². The van der Waals surface area contributed by atoms with Crippen LogP contribution in [0, 0.1) is 0 Å². The molecule has 0 amide bonds. The summed E-state index contributed by atoms with van der Waals surface area (Å²) in [6.45, 7) is 8.20. The van der Waals surface area contributed by atoms with E-state index in [4.69, 9.17) is 0 Å². The number of nitrogens with zero attached hydrogens (tertiary/aromatic N) is 2. The van der Waals surface area contributed by atoms with Crippen LogP contribution in [-0.4, -0.2) is 15.3 Å². The highest BCUT2D eigenvalue weighted by Crippen LogP contribution is 2.05. The summed E-state index contributed by atoms with van der Waals surface area (Å²) < 4.78 is 1.86. The molecule has 3 heteroatoms. The lowest BCUT2D eigenvalue weighted by Crippen LogP contribution is -2.10. The Morgan fingerprint density at radius 3 is 2.92 bits per heavy atom. The summed E-state index contributed by atoms with van der Waals surface area (Å²) in [6, 6.07) is 0. The second-order valence-electron chi connectivity index (χ2n) is 3.05. The molecule has 0 fully saturated rings. The van der Waals surface area contributed by atoms with Crippen LogP contribution in [0.3, 0.4) is 0 Å². The Bertz CT molecular complexity index is 325. The molecule has 0 aromatic carbocycles. The number of aromatic nitrogens is 2. The largest absolute Gasteiger partial charge is 0.328 e. The Morgan fingerprint density at radius 2 is 2.38 bits per heavy atom. The number of aryl methyl sites for hydroxylation is 1. The van der Waals surface area contributed by atoms with Gasteiger partial charge in [0, 0.05) is 18.9 Å². The number of imidazole rings is 1. The van der Waals surface area contributed by atoms with Crippen molar-refractivity contribution in [2.24, 2.45) is 0 Å². The smallest absolute Gasteiger partial charge is 0.223 e. The number of allylic oxidation sites excluding steroid dienone is 1. The molecule has 1 rings (SSSR count). The number of carbonyl (C=O) groups excluding carboxylic acids is 1. The third kappa shape index (κ3) is 2.05. The van der Waals surface area contributed by atoms with Gasteiger partial charge in [0.05, 0.1) is 0 Å². The van der Waals surface area contributed by atoms with E-state index in [0.717, 1.165) is 13.0 Å². The Balaban J connectivity index is 2.93. The van der Waals surface area contributed by atoms with Crippen LogP contribution in [0.1, 0.15) is 30.9 Å². The van der Waals surface area contributed by atoms with Crippen molar-refractivity contribution in [3.8, 4) is 0 Å². The van der Waals surface area contributed by atoms with Gasteiger partial charge >= 0.3 is 0 Å². The average Bonchev–Trinajstić information content (AvgIpc) is 2.52. The Labute approximate surface area is 78.1 Å². The Hall–Kier alpha value is -1.38. The third-order valence-corrected chi connectivity index (χ3v) is 1.77. The van der Waals surface area contributed by atoms with Crippen molar-refractivity contribution in [1.82, 2.24) is 9.55 Å². The van der Waals surface area contributed by atoms with Gasteiger partial charge in [0.2, 0.25) is 5.78 Å². The average molecular weight is 178 g/mol. The van der Waals surface area contributed by atoms with Gasteiger partial charge in [-0.1, -0.05) is 13.5 Å². The van der Waals surface area contributed by atoms with Crippen LogP contribution in [0.4, 0.5) is 0 Å². The molecule has 0 saturated heterocycles. The van der Waals surface area contributed by atoms with Gasteiger partial charge in [-0.15, -0.1) is 0 Å². The van der Waals surface area contributed by atoms with Crippen LogP contribution in [0.15, 0.2) is 24.5 Å². The van der Waals surface area contributed by atoms with Crippen molar-refractivity contribution in [2.75, 3.05) is 0 Å². The van der Waals surface area contributed by atoms with Crippen molar-refractivity contribution >= 4 is 5.78 Å². The van der Waals surface area contributed by atoms with Gasteiger partial charge in [0.1, 0.15) is 0 Å². The molecule has 70 valence electrons. The minimum atomic E-state index is -0.0709. The number of hydrogen-bond donors (Lipinski definition) is 0. The quantitative estimate of drug-likeness (QED) is 0.522. The minimum Gasteiger partial charge on any atom is -0.328 e. The highest BCUT2D eigenvalue weighted by atomic mass is 16.1. The molecule has 0 N–H and O–H groups in total. The highest BCUT2D eigenvalue weighted by Gasteiger charge is 2.12. The second kappa shape index (κ2) is 4.03. The first kappa shape index (κ1) is 9.71. The predicted molar refractivity (Wildman–Crippen MR) is 51.7 cm³/mol. The molecule has 0 radical (unpaired) electrons. The fourth-order valence-electron chi connectivity index (χ4n) is 1.13. The van der Waals surface area contributed by atoms with Crippen LogP contribution in [-0.2, 0) is 6.54 Å². The van der Waals surface area contributed by atoms with Gasteiger partial charge in [-0.25, -0.2) is 4.98 Å². The zero-order valence-electron chi connectivity index (χ0n) is 8.08. The van der Waals surface area contributed by atoms with Crippen LogP contribution < -0.4 is 0 Å². The molecule has 3 nitrogen and oxygen atoms in total. The van der Waals surface area contributed by atoms with Crippen molar-refractivity contribution < 1.29 is 4.79 Å². The maximum absolute atomic E-state index is 11.5. The zero-order valence-corrected chi connectivity index (χ0v) is 8.08. The Kier molecular flexibility index (Phi) is 3.01. The van der Waals surface area contributed by atoms with Crippen molar-refractivity contribution in [1.29, 1.82) is 0 Å². The first-order chi connectivity index (χ1) is 6.16. The van der Waals surface area contributed by atoms with E-state index in [-0.39, 0.29) is 5.78 Å². The molecule has 1 aromatic heterocycles. The lowest BCUT2D eigenvalue weighted by atomic mass is 10.2. The lowest BCUT2D eigenvalue weighted by molar-refractivity contribution is 0.102. The number of rotatable bonds is 4. The maximum atomic E-state index is 11.5. The summed E-state index contributed by atoms with van der Waals surface area (Å²) in [6.07, 6.45) is 4.46. The normalized spacial score (nSPS) is 10.0. The fraction of sp³-hybridized carbons (Fsp3) is 0.400. The van der Waals surface area contributed by atoms with Gasteiger partial charge in [0.15, 0.2) is 5.82 Å². The maximum Gasteiger partial charge on any atom is 0.223 e. The summed E-state index contributed by atoms with van der Waals surface area (Å²) in [5.74, 6) is 0.424. The van der Waals surface area contributed by atoms with E-state index >= 15 is 0 Å². The number of hydrogen-bond acceptors (Lipinski definition) is 2. The van der Waals surface area contributed by atoms with E-state index in [1.54, 1.807) is 13.1 Å². The standard InChI is InChI=1S/C10H14N2O/c1-4-6-12-7-5-11-10(12)9(13)8(2)3/h5,7H,2,4,6H2,1,3H3. The van der Waals surface area contributed by atoms with Crippen LogP contribution in [0.5, 0.6) is 0 Å². The molecule has 0 spiro atoms. The number of ketones is 1. The molecule has 0 unspecified atom stereocenters. The van der Waals surface area contributed by atoms with E-state index < -0.39 is 0 Å². The Morgan fingerprint density at radius 1 is 1.69 bits per heavy atom. The first-order valence-electron chi connectivity index (χ1n) is 4.38. The van der Waals surface area contributed by atoms with E-state index in [1.807, 2.05) is 10.8 Å². The first-order valence-corrected chi connectivity index (χ1v) is 4.38. The number of carbonyl (C=O) groups is 1. The van der Waals surface area contributed by atoms with Crippen molar-refractivity contribution in [2.45, 2.75) is 26.8 Å². The molecule has 0 aliphatic rings. The van der Waals surface area contributed by atoms with Crippen molar-refractivity contribution in [3.05, 3.63) is 30.4 Å². The van der Waals surface area contributed by atoms with E-state index in [9.17, 15) is 4.79 Å². The van der Waals surface area contributed by atoms with Crippen LogP contribution in [0.2, 0.25) is 0 Å². The summed E-state index contributed by atoms with van der Waals surface area (Å²) in [7, 11) is 0. The minimum absolute atomic E-state index is 0.0709. The molecular formula is C10H14N2O. The van der Waals surface area contributed by atoms with Crippen LogP contribution >= 0.6 is 0 Å². The van der Waals surface area contributed by atoms with Gasteiger partial charge in [0.25, 0.3) is 0 Å². The molecule has 0 aliphatic heterocycles. The summed E-state index contributed by atoms with van der Waals surface area (Å²) >= 11 is 0. The summed E-state index contributed by atoms with van der Waals surface area (Å²) in [5.41, 5.74) is 0.531. The molecular weight excluding hydrogens is 164 g/mol. The monoisotopic (exact) mass is 178 g/mol. The van der Waals surface area contributed by atoms with Gasteiger partial charge in [-0.05, 0) is 18.9 Å². The molecule has 0 bridgehead atoms.